The molecule has 0 aromatic heterocycles. The first-order chi connectivity index (χ1) is 10.9. The highest BCUT2D eigenvalue weighted by Gasteiger charge is 2.23. The molecule has 0 aliphatic carbocycles. The van der Waals surface area contributed by atoms with E-state index in [1.165, 1.54) is 0 Å². The van der Waals surface area contributed by atoms with Crippen LogP contribution in [-0.4, -0.2) is 17.1 Å². The number of aryl methyl sites for hydroxylation is 2. The third kappa shape index (κ3) is 4.00. The first kappa shape index (κ1) is 16.4. The Labute approximate surface area is 133 Å². The molecule has 23 heavy (non-hydrogen) atoms. The van der Waals surface area contributed by atoms with Crippen LogP contribution in [0.4, 0.5) is 10.5 Å². The molecule has 120 valence electrons. The number of nitrogens with two attached hydrogens (primary N) is 1. The van der Waals surface area contributed by atoms with Crippen molar-refractivity contribution >= 4 is 17.7 Å². The average Bonchev–Trinajstić information content (AvgIpc) is 2.48. The van der Waals surface area contributed by atoms with Crippen LogP contribution in [0, 0.1) is 13.8 Å². The summed E-state index contributed by atoms with van der Waals surface area (Å²) >= 11 is 0. The molecule has 1 unspecified atom stereocenters. The summed E-state index contributed by atoms with van der Waals surface area (Å²) < 4.78 is 5.66. The summed E-state index contributed by atoms with van der Waals surface area (Å²) in [5.41, 5.74) is 7.64. The molecule has 0 heterocycles. The zero-order valence-electron chi connectivity index (χ0n) is 12.9. The minimum Gasteiger partial charge on any atom is -0.478 e. The van der Waals surface area contributed by atoms with Crippen LogP contribution < -0.4 is 15.8 Å². The number of carbonyl (C=O) groups is 2. The number of carboxylic acids is 1. The Kier molecular flexibility index (Phi) is 4.85. The molecule has 0 saturated carbocycles. The van der Waals surface area contributed by atoms with E-state index in [4.69, 9.17) is 10.5 Å². The van der Waals surface area contributed by atoms with E-state index >= 15 is 0 Å². The molecule has 2 amide bonds. The fraction of sp³-hybridized carbons (Fsp3) is 0.176. The number of benzene rings is 2. The first-order valence-electron chi connectivity index (χ1n) is 7.00. The van der Waals surface area contributed by atoms with Crippen LogP contribution in [0.5, 0.6) is 5.75 Å². The van der Waals surface area contributed by atoms with E-state index in [1.807, 2.05) is 19.1 Å². The molecule has 2 aromatic carbocycles. The molecule has 6 nitrogen and oxygen atoms in total. The summed E-state index contributed by atoms with van der Waals surface area (Å²) in [4.78, 5) is 22.5. The number of anilines is 1. The van der Waals surface area contributed by atoms with E-state index in [9.17, 15) is 14.7 Å². The SMILES string of the molecule is Cc1cc(C(Oc2ccccc2C)C(=O)O)ccc1NC(N)=O. The lowest BCUT2D eigenvalue weighted by atomic mass is 10.0. The molecule has 2 aromatic rings. The molecular weight excluding hydrogens is 296 g/mol. The number of para-hydroxylation sites is 1. The van der Waals surface area contributed by atoms with Crippen molar-refractivity contribution in [3.63, 3.8) is 0 Å². The van der Waals surface area contributed by atoms with Crippen molar-refractivity contribution in [1.82, 2.24) is 0 Å². The summed E-state index contributed by atoms with van der Waals surface area (Å²) in [7, 11) is 0. The topological polar surface area (TPSA) is 102 Å². The molecule has 0 aliphatic heterocycles. The second-order valence-electron chi connectivity index (χ2n) is 5.17. The van der Waals surface area contributed by atoms with Gasteiger partial charge in [-0.3, -0.25) is 0 Å². The molecule has 0 saturated heterocycles. The van der Waals surface area contributed by atoms with Gasteiger partial charge in [0.15, 0.2) is 0 Å². The Balaban J connectivity index is 2.31. The number of carbonyl (C=O) groups excluding carboxylic acids is 1. The van der Waals surface area contributed by atoms with Crippen LogP contribution >= 0.6 is 0 Å². The molecule has 0 aliphatic rings. The summed E-state index contributed by atoms with van der Waals surface area (Å²) in [6.07, 6.45) is -1.14. The van der Waals surface area contributed by atoms with E-state index in [-0.39, 0.29) is 0 Å². The second-order valence-corrected chi connectivity index (χ2v) is 5.17. The highest BCUT2D eigenvalue weighted by atomic mass is 16.5. The van der Waals surface area contributed by atoms with Gasteiger partial charge in [-0.15, -0.1) is 0 Å². The highest BCUT2D eigenvalue weighted by molar-refractivity contribution is 5.88. The number of rotatable bonds is 5. The van der Waals surface area contributed by atoms with Crippen molar-refractivity contribution < 1.29 is 19.4 Å². The number of primary amides is 1. The zero-order valence-corrected chi connectivity index (χ0v) is 12.9. The van der Waals surface area contributed by atoms with Crippen LogP contribution in [-0.2, 0) is 4.79 Å². The maximum absolute atomic E-state index is 11.6. The Bertz CT molecular complexity index is 743. The third-order valence-electron chi connectivity index (χ3n) is 3.37. The van der Waals surface area contributed by atoms with Gasteiger partial charge in [-0.05, 0) is 43.2 Å². The number of ether oxygens (including phenoxy) is 1. The molecule has 0 bridgehead atoms. The minimum absolute atomic E-state index is 0.480. The van der Waals surface area contributed by atoms with Gasteiger partial charge < -0.3 is 20.9 Å². The Morgan fingerprint density at radius 3 is 2.39 bits per heavy atom. The standard InChI is InChI=1S/C17H18N2O4/c1-10-5-3-4-6-14(10)23-15(16(20)21)12-7-8-13(11(2)9-12)19-17(18)22/h3-9,15H,1-2H3,(H,20,21)(H3,18,19,22). The number of aliphatic carboxylic acids is 1. The predicted octanol–water partition coefficient (Wildman–Crippen LogP) is 3.00. The van der Waals surface area contributed by atoms with Crippen LogP contribution in [0.25, 0.3) is 0 Å². The Morgan fingerprint density at radius 1 is 1.13 bits per heavy atom. The normalized spacial score (nSPS) is 11.6. The number of carboxylic acid groups (broad SMARTS) is 1. The molecule has 0 fully saturated rings. The first-order valence-corrected chi connectivity index (χ1v) is 7.00. The van der Waals surface area contributed by atoms with Gasteiger partial charge in [-0.25, -0.2) is 9.59 Å². The number of urea groups is 1. The lowest BCUT2D eigenvalue weighted by Gasteiger charge is -2.18. The number of hydrogen-bond donors (Lipinski definition) is 3. The quantitative estimate of drug-likeness (QED) is 0.789. The van der Waals surface area contributed by atoms with Gasteiger partial charge in [-0.2, -0.15) is 0 Å². The second kappa shape index (κ2) is 6.83. The Morgan fingerprint density at radius 2 is 1.83 bits per heavy atom. The average molecular weight is 314 g/mol. The van der Waals surface area contributed by atoms with Crippen molar-refractivity contribution in [3.05, 3.63) is 59.2 Å². The lowest BCUT2D eigenvalue weighted by Crippen LogP contribution is -2.21. The molecule has 6 heteroatoms. The fourth-order valence-corrected chi connectivity index (χ4v) is 2.20. The van der Waals surface area contributed by atoms with Crippen molar-refractivity contribution in [3.8, 4) is 5.75 Å². The largest absolute Gasteiger partial charge is 0.478 e. The van der Waals surface area contributed by atoms with Gasteiger partial charge in [0, 0.05) is 11.3 Å². The van der Waals surface area contributed by atoms with Crippen molar-refractivity contribution in [1.29, 1.82) is 0 Å². The summed E-state index contributed by atoms with van der Waals surface area (Å²) in [5, 5.41) is 11.9. The van der Waals surface area contributed by atoms with E-state index in [0.717, 1.165) is 5.56 Å². The van der Waals surface area contributed by atoms with Gasteiger partial charge in [0.1, 0.15) is 5.75 Å². The van der Waals surface area contributed by atoms with Gasteiger partial charge in [0.25, 0.3) is 0 Å². The maximum Gasteiger partial charge on any atom is 0.349 e. The van der Waals surface area contributed by atoms with Crippen molar-refractivity contribution in [2.45, 2.75) is 20.0 Å². The third-order valence-corrected chi connectivity index (χ3v) is 3.37. The van der Waals surface area contributed by atoms with Crippen LogP contribution in [0.2, 0.25) is 0 Å². The monoisotopic (exact) mass is 314 g/mol. The summed E-state index contributed by atoms with van der Waals surface area (Å²) in [6.45, 7) is 3.60. The van der Waals surface area contributed by atoms with Crippen LogP contribution in [0.3, 0.4) is 0 Å². The van der Waals surface area contributed by atoms with E-state index < -0.39 is 18.1 Å². The number of hydrogen-bond acceptors (Lipinski definition) is 3. The van der Waals surface area contributed by atoms with Crippen molar-refractivity contribution in [2.75, 3.05) is 5.32 Å². The molecule has 2 rings (SSSR count). The van der Waals surface area contributed by atoms with Gasteiger partial charge in [0.05, 0.1) is 0 Å². The van der Waals surface area contributed by atoms with E-state index in [0.29, 0.717) is 22.6 Å². The van der Waals surface area contributed by atoms with Crippen molar-refractivity contribution in [2.24, 2.45) is 5.73 Å². The Hall–Kier alpha value is -3.02. The van der Waals surface area contributed by atoms with Crippen LogP contribution in [0.15, 0.2) is 42.5 Å². The van der Waals surface area contributed by atoms with E-state index in [1.54, 1.807) is 37.3 Å². The minimum atomic E-state index is -1.14. The van der Waals surface area contributed by atoms with Gasteiger partial charge in [0.2, 0.25) is 6.10 Å². The fourth-order valence-electron chi connectivity index (χ4n) is 2.20. The maximum atomic E-state index is 11.6. The zero-order chi connectivity index (χ0) is 17.0. The van der Waals surface area contributed by atoms with Crippen LogP contribution in [0.1, 0.15) is 22.8 Å². The molecule has 0 radical (unpaired) electrons. The molecule has 4 N–H and O–H groups in total. The van der Waals surface area contributed by atoms with E-state index in [2.05, 4.69) is 5.32 Å². The number of nitrogens with one attached hydrogen (secondary N) is 1. The summed E-state index contributed by atoms with van der Waals surface area (Å²) in [6, 6.07) is 11.4. The molecule has 0 spiro atoms. The summed E-state index contributed by atoms with van der Waals surface area (Å²) in [5.74, 6) is -0.583. The number of amides is 2. The highest BCUT2D eigenvalue weighted by Crippen LogP contribution is 2.27. The predicted molar refractivity (Wildman–Crippen MR) is 86.6 cm³/mol. The molecular formula is C17H18N2O4. The van der Waals surface area contributed by atoms with Gasteiger partial charge in [-0.1, -0.05) is 24.3 Å². The molecule has 1 atom stereocenters. The van der Waals surface area contributed by atoms with Gasteiger partial charge >= 0.3 is 12.0 Å². The smallest absolute Gasteiger partial charge is 0.349 e. The lowest BCUT2D eigenvalue weighted by molar-refractivity contribution is -0.145.